The van der Waals surface area contributed by atoms with Gasteiger partial charge in [0.2, 0.25) is 0 Å². The third kappa shape index (κ3) is 2.24. The van der Waals surface area contributed by atoms with Crippen LogP contribution in [0.25, 0.3) is 10.8 Å². The minimum absolute atomic E-state index is 0.0192. The molecule has 1 fully saturated rings. The summed E-state index contributed by atoms with van der Waals surface area (Å²) in [6.45, 7) is 2.79. The Balaban J connectivity index is 2.28. The highest BCUT2D eigenvalue weighted by atomic mass is 79.9. The van der Waals surface area contributed by atoms with Gasteiger partial charge in [-0.2, -0.15) is 0 Å². The van der Waals surface area contributed by atoms with Gasteiger partial charge in [-0.05, 0) is 31.4 Å². The molecule has 2 aromatic rings. The lowest BCUT2D eigenvalue weighted by Gasteiger charge is -2.27. The summed E-state index contributed by atoms with van der Waals surface area (Å²) in [4.78, 5) is 23.9. The number of benzene rings is 2. The fourth-order valence-electron chi connectivity index (χ4n) is 2.62. The Morgan fingerprint density at radius 3 is 2.26 bits per heavy atom. The average molecular weight is 397 g/mol. The van der Waals surface area contributed by atoms with Gasteiger partial charge in [0.15, 0.2) is 0 Å². The lowest BCUT2D eigenvalue weighted by molar-refractivity contribution is -0.124. The Labute approximate surface area is 141 Å². The molecular formula is C15H13BrN2O4S. The summed E-state index contributed by atoms with van der Waals surface area (Å²) in [7, 11) is -4.19. The molecule has 1 N–H and O–H groups in total. The van der Waals surface area contributed by atoms with Gasteiger partial charge in [-0.1, -0.05) is 40.2 Å². The molecule has 0 unspecified atom stereocenters. The minimum Gasteiger partial charge on any atom is -0.275 e. The second kappa shape index (κ2) is 5.04. The van der Waals surface area contributed by atoms with Gasteiger partial charge in [-0.25, -0.2) is 17.5 Å². The van der Waals surface area contributed by atoms with Crippen LogP contribution in [0.4, 0.5) is 4.79 Å². The lowest BCUT2D eigenvalue weighted by Crippen LogP contribution is -2.47. The monoisotopic (exact) mass is 396 g/mol. The number of amides is 3. The molecule has 120 valence electrons. The van der Waals surface area contributed by atoms with Gasteiger partial charge in [-0.3, -0.25) is 10.1 Å². The standard InChI is InChI=1S/C15H13BrN2O4S/c1-15(2)13(19)17-14(20)18(15)23(21,22)12-8-4-5-9-10(12)6-3-7-11(9)16/h3-8H,1-2H3,(H,17,19,20). The molecule has 6 nitrogen and oxygen atoms in total. The Morgan fingerprint density at radius 1 is 1.04 bits per heavy atom. The van der Waals surface area contributed by atoms with Crippen molar-refractivity contribution in [1.29, 1.82) is 0 Å². The predicted octanol–water partition coefficient (Wildman–Crippen LogP) is 2.62. The molecular weight excluding hydrogens is 384 g/mol. The predicted molar refractivity (Wildman–Crippen MR) is 88.3 cm³/mol. The van der Waals surface area contributed by atoms with Gasteiger partial charge >= 0.3 is 6.03 Å². The van der Waals surface area contributed by atoms with E-state index in [1.165, 1.54) is 19.9 Å². The van der Waals surface area contributed by atoms with Crippen LogP contribution in [0.5, 0.6) is 0 Å². The Bertz CT molecular complexity index is 953. The fraction of sp³-hybridized carbons (Fsp3) is 0.200. The van der Waals surface area contributed by atoms with Crippen molar-refractivity contribution in [2.45, 2.75) is 24.3 Å². The number of fused-ring (bicyclic) bond motifs is 1. The van der Waals surface area contributed by atoms with Gasteiger partial charge in [0.1, 0.15) is 5.54 Å². The number of hydrogen-bond donors (Lipinski definition) is 1. The van der Waals surface area contributed by atoms with Crippen molar-refractivity contribution in [2.24, 2.45) is 0 Å². The molecule has 0 aromatic heterocycles. The zero-order valence-corrected chi connectivity index (χ0v) is 14.7. The molecule has 0 aliphatic carbocycles. The van der Waals surface area contributed by atoms with Crippen LogP contribution < -0.4 is 5.32 Å². The van der Waals surface area contributed by atoms with Crippen molar-refractivity contribution >= 4 is 48.7 Å². The van der Waals surface area contributed by atoms with Gasteiger partial charge in [0.05, 0.1) is 4.90 Å². The van der Waals surface area contributed by atoms with Crippen LogP contribution in [0, 0.1) is 0 Å². The van der Waals surface area contributed by atoms with E-state index in [9.17, 15) is 18.0 Å². The van der Waals surface area contributed by atoms with E-state index >= 15 is 0 Å². The first-order chi connectivity index (χ1) is 10.7. The number of nitrogens with one attached hydrogen (secondary N) is 1. The van der Waals surface area contributed by atoms with Crippen molar-refractivity contribution in [3.63, 3.8) is 0 Å². The summed E-state index contributed by atoms with van der Waals surface area (Å²) >= 11 is 3.38. The topological polar surface area (TPSA) is 83.6 Å². The summed E-state index contributed by atoms with van der Waals surface area (Å²) in [6.07, 6.45) is 0. The number of hydrogen-bond acceptors (Lipinski definition) is 4. The zero-order chi connectivity index (χ0) is 17.0. The third-order valence-corrected chi connectivity index (χ3v) is 6.52. The summed E-state index contributed by atoms with van der Waals surface area (Å²) < 4.78 is 27.4. The molecule has 1 aliphatic heterocycles. The maximum atomic E-state index is 13.0. The summed E-state index contributed by atoms with van der Waals surface area (Å²) in [5, 5.41) is 3.23. The SMILES string of the molecule is CC1(C)C(=O)NC(=O)N1S(=O)(=O)c1cccc2c(Br)cccc12. The highest BCUT2D eigenvalue weighted by molar-refractivity contribution is 9.10. The van der Waals surface area contributed by atoms with Crippen molar-refractivity contribution in [1.82, 2.24) is 9.62 Å². The summed E-state index contributed by atoms with van der Waals surface area (Å²) in [5.74, 6) is -0.646. The van der Waals surface area contributed by atoms with E-state index in [0.717, 1.165) is 4.47 Å². The van der Waals surface area contributed by atoms with Crippen molar-refractivity contribution < 1.29 is 18.0 Å². The number of imide groups is 1. The van der Waals surface area contributed by atoms with Gasteiger partial charge < -0.3 is 0 Å². The number of urea groups is 1. The maximum absolute atomic E-state index is 13.0. The van der Waals surface area contributed by atoms with E-state index in [1.807, 2.05) is 0 Å². The van der Waals surface area contributed by atoms with Gasteiger partial charge in [-0.15, -0.1) is 0 Å². The second-order valence-electron chi connectivity index (χ2n) is 5.68. The molecule has 2 aromatic carbocycles. The van der Waals surface area contributed by atoms with E-state index < -0.39 is 27.5 Å². The molecule has 1 aliphatic rings. The third-order valence-electron chi connectivity index (χ3n) is 3.82. The molecule has 1 heterocycles. The van der Waals surface area contributed by atoms with Crippen LogP contribution in [0.3, 0.4) is 0 Å². The molecule has 3 amide bonds. The number of carbonyl (C=O) groups is 2. The minimum atomic E-state index is -4.19. The first-order valence-electron chi connectivity index (χ1n) is 6.75. The van der Waals surface area contributed by atoms with Gasteiger partial charge in [0.25, 0.3) is 15.9 Å². The number of halogens is 1. The molecule has 0 saturated carbocycles. The van der Waals surface area contributed by atoms with E-state index in [1.54, 1.807) is 30.3 Å². The number of nitrogens with zero attached hydrogens (tertiary/aromatic N) is 1. The highest BCUT2D eigenvalue weighted by Crippen LogP contribution is 2.34. The number of rotatable bonds is 2. The Hall–Kier alpha value is -1.93. The van der Waals surface area contributed by atoms with Crippen molar-refractivity contribution in [2.75, 3.05) is 0 Å². The van der Waals surface area contributed by atoms with E-state index in [-0.39, 0.29) is 4.90 Å². The molecule has 0 spiro atoms. The van der Waals surface area contributed by atoms with Crippen LogP contribution in [0.2, 0.25) is 0 Å². The summed E-state index contributed by atoms with van der Waals surface area (Å²) in [6, 6.07) is 9.04. The van der Waals surface area contributed by atoms with Gasteiger partial charge in [0, 0.05) is 9.86 Å². The molecule has 3 rings (SSSR count). The molecule has 0 radical (unpaired) electrons. The average Bonchev–Trinajstić information content (AvgIpc) is 2.67. The maximum Gasteiger partial charge on any atom is 0.339 e. The first-order valence-corrected chi connectivity index (χ1v) is 8.99. The highest BCUT2D eigenvalue weighted by Gasteiger charge is 2.52. The molecule has 1 saturated heterocycles. The number of sulfonamides is 1. The van der Waals surface area contributed by atoms with Crippen LogP contribution in [-0.2, 0) is 14.8 Å². The molecule has 0 atom stereocenters. The van der Waals surface area contributed by atoms with E-state index in [4.69, 9.17) is 0 Å². The van der Waals surface area contributed by atoms with Crippen molar-refractivity contribution in [3.8, 4) is 0 Å². The Kier molecular flexibility index (Phi) is 3.49. The molecule has 0 bridgehead atoms. The molecule has 23 heavy (non-hydrogen) atoms. The number of carbonyl (C=O) groups excluding carboxylic acids is 2. The normalized spacial score (nSPS) is 17.6. The Morgan fingerprint density at radius 2 is 1.65 bits per heavy atom. The van der Waals surface area contributed by atoms with E-state index in [2.05, 4.69) is 21.2 Å². The second-order valence-corrected chi connectivity index (χ2v) is 8.29. The van der Waals surface area contributed by atoms with Crippen LogP contribution in [0.1, 0.15) is 13.8 Å². The lowest BCUT2D eigenvalue weighted by atomic mass is 10.1. The van der Waals surface area contributed by atoms with E-state index in [0.29, 0.717) is 15.1 Å². The van der Waals surface area contributed by atoms with Crippen LogP contribution >= 0.6 is 15.9 Å². The summed E-state index contributed by atoms with van der Waals surface area (Å²) in [5.41, 5.74) is -1.48. The van der Waals surface area contributed by atoms with Crippen LogP contribution in [0.15, 0.2) is 45.8 Å². The smallest absolute Gasteiger partial charge is 0.275 e. The zero-order valence-electron chi connectivity index (χ0n) is 12.3. The van der Waals surface area contributed by atoms with Crippen molar-refractivity contribution in [3.05, 3.63) is 40.9 Å². The first kappa shape index (κ1) is 15.9. The fourth-order valence-corrected chi connectivity index (χ4v) is 4.97. The largest absolute Gasteiger partial charge is 0.339 e. The van der Waals surface area contributed by atoms with Crippen LogP contribution in [-0.4, -0.2) is 30.2 Å². The molecule has 8 heteroatoms. The quantitative estimate of drug-likeness (QED) is 0.790.